The summed E-state index contributed by atoms with van der Waals surface area (Å²) >= 11 is 7.46. The molecular weight excluding hydrogens is 254 g/mol. The van der Waals surface area contributed by atoms with E-state index in [0.29, 0.717) is 0 Å². The van der Waals surface area contributed by atoms with E-state index in [0.717, 1.165) is 33.4 Å². The molecule has 0 saturated carbocycles. The number of hydrogen-bond acceptors (Lipinski definition) is 3. The fraction of sp³-hybridized carbons (Fsp3) is 0.333. The number of aryl methyl sites for hydroxylation is 1. The van der Waals surface area contributed by atoms with Crippen LogP contribution in [0.5, 0.6) is 0 Å². The Balaban J connectivity index is 2.37. The molecule has 3 nitrogen and oxygen atoms in total. The quantitative estimate of drug-likeness (QED) is 0.840. The highest BCUT2D eigenvalue weighted by molar-refractivity contribution is 7.12. The third-order valence-electron chi connectivity index (χ3n) is 2.27. The van der Waals surface area contributed by atoms with Gasteiger partial charge in [0.25, 0.3) is 0 Å². The van der Waals surface area contributed by atoms with Crippen LogP contribution in [0.3, 0.4) is 0 Å². The minimum atomic E-state index is 0.741. The van der Waals surface area contributed by atoms with E-state index in [1.807, 2.05) is 36.0 Å². The van der Waals surface area contributed by atoms with E-state index < -0.39 is 0 Å². The van der Waals surface area contributed by atoms with Crippen LogP contribution in [-0.2, 0) is 7.05 Å². The van der Waals surface area contributed by atoms with E-state index in [2.05, 4.69) is 17.0 Å². The predicted octanol–water partition coefficient (Wildman–Crippen LogP) is 3.11. The van der Waals surface area contributed by atoms with Gasteiger partial charge in [0.15, 0.2) is 0 Å². The number of rotatable bonds is 3. The molecule has 0 aliphatic rings. The highest BCUT2D eigenvalue weighted by Gasteiger charge is 2.04. The van der Waals surface area contributed by atoms with Gasteiger partial charge in [0, 0.05) is 24.2 Å². The minimum absolute atomic E-state index is 0.741. The summed E-state index contributed by atoms with van der Waals surface area (Å²) in [5.74, 6) is 0. The number of nitrogens with zero attached hydrogens (tertiary/aromatic N) is 3. The van der Waals surface area contributed by atoms with Gasteiger partial charge in [-0.3, -0.25) is 4.99 Å². The lowest BCUT2D eigenvalue weighted by Gasteiger charge is -1.94. The van der Waals surface area contributed by atoms with Crippen molar-refractivity contribution in [1.29, 1.82) is 0 Å². The lowest BCUT2D eigenvalue weighted by Crippen LogP contribution is -2.12. The Bertz CT molecular complexity index is 554. The molecule has 0 unspecified atom stereocenters. The summed E-state index contributed by atoms with van der Waals surface area (Å²) < 4.78 is 1.82. The Hall–Kier alpha value is -1.13. The lowest BCUT2D eigenvalue weighted by molar-refractivity contribution is 0.715. The number of hydrogen-bond donors (Lipinski definition) is 0. The molecule has 1 aromatic heterocycles. The summed E-state index contributed by atoms with van der Waals surface area (Å²) in [6.45, 7) is 2.96. The summed E-state index contributed by atoms with van der Waals surface area (Å²) in [6.07, 6.45) is 1.05. The summed E-state index contributed by atoms with van der Waals surface area (Å²) in [4.78, 5) is 5.44. The van der Waals surface area contributed by atoms with Gasteiger partial charge >= 0.3 is 0 Å². The molecule has 17 heavy (non-hydrogen) atoms. The molecule has 1 heterocycles. The zero-order valence-corrected chi connectivity index (χ0v) is 11.4. The summed E-state index contributed by atoms with van der Waals surface area (Å²) in [6, 6.07) is 7.71. The number of aromatic nitrogens is 2. The van der Waals surface area contributed by atoms with Gasteiger partial charge in [0.05, 0.1) is 0 Å². The van der Waals surface area contributed by atoms with Crippen molar-refractivity contribution in [1.82, 2.24) is 9.78 Å². The SMILES string of the molecule is CCCN=c1sc(-c2ccc(Cl)cc2)nn1C. The first-order valence-corrected chi connectivity index (χ1v) is 6.70. The van der Waals surface area contributed by atoms with Crippen molar-refractivity contribution < 1.29 is 0 Å². The first kappa shape index (κ1) is 12.3. The van der Waals surface area contributed by atoms with E-state index in [-0.39, 0.29) is 0 Å². The standard InChI is InChI=1S/C12H14ClN3S/c1-3-8-14-12-16(2)15-11(17-12)9-4-6-10(13)7-5-9/h4-7H,3,8H2,1-2H3. The highest BCUT2D eigenvalue weighted by Crippen LogP contribution is 2.21. The van der Waals surface area contributed by atoms with Crippen LogP contribution in [0.25, 0.3) is 10.6 Å². The van der Waals surface area contributed by atoms with Crippen LogP contribution in [0, 0.1) is 0 Å². The lowest BCUT2D eigenvalue weighted by atomic mass is 10.2. The van der Waals surface area contributed by atoms with Crippen molar-refractivity contribution >= 4 is 22.9 Å². The van der Waals surface area contributed by atoms with Crippen LogP contribution in [0.15, 0.2) is 29.3 Å². The molecule has 0 aliphatic carbocycles. The van der Waals surface area contributed by atoms with Crippen LogP contribution in [0.4, 0.5) is 0 Å². The average Bonchev–Trinajstić information content (AvgIpc) is 2.69. The van der Waals surface area contributed by atoms with Gasteiger partial charge in [-0.2, -0.15) is 5.10 Å². The highest BCUT2D eigenvalue weighted by atomic mass is 35.5. The molecule has 0 amide bonds. The fourth-order valence-corrected chi connectivity index (χ4v) is 2.45. The van der Waals surface area contributed by atoms with Gasteiger partial charge < -0.3 is 0 Å². The Kier molecular flexibility index (Phi) is 3.97. The van der Waals surface area contributed by atoms with Gasteiger partial charge in [-0.05, 0) is 18.6 Å². The van der Waals surface area contributed by atoms with Crippen LogP contribution >= 0.6 is 22.9 Å². The fourth-order valence-electron chi connectivity index (χ4n) is 1.40. The van der Waals surface area contributed by atoms with E-state index in [1.165, 1.54) is 0 Å². The van der Waals surface area contributed by atoms with Gasteiger partial charge in [0.1, 0.15) is 5.01 Å². The largest absolute Gasteiger partial charge is 0.258 e. The van der Waals surface area contributed by atoms with E-state index >= 15 is 0 Å². The molecule has 2 rings (SSSR count). The predicted molar refractivity (Wildman–Crippen MR) is 72.3 cm³/mol. The average molecular weight is 268 g/mol. The first-order valence-electron chi connectivity index (χ1n) is 5.51. The number of benzene rings is 1. The van der Waals surface area contributed by atoms with Gasteiger partial charge in [0.2, 0.25) is 4.80 Å². The molecule has 0 spiro atoms. The Morgan fingerprint density at radius 1 is 1.35 bits per heavy atom. The van der Waals surface area contributed by atoms with Gasteiger partial charge in [-0.15, -0.1) is 0 Å². The van der Waals surface area contributed by atoms with Crippen molar-refractivity contribution in [2.45, 2.75) is 13.3 Å². The maximum Gasteiger partial charge on any atom is 0.203 e. The van der Waals surface area contributed by atoms with E-state index in [4.69, 9.17) is 11.6 Å². The third kappa shape index (κ3) is 2.96. The van der Waals surface area contributed by atoms with E-state index in [9.17, 15) is 0 Å². The third-order valence-corrected chi connectivity index (χ3v) is 3.61. The summed E-state index contributed by atoms with van der Waals surface area (Å²) in [5.41, 5.74) is 1.08. The molecule has 2 aromatic rings. The van der Waals surface area contributed by atoms with Crippen molar-refractivity contribution in [3.63, 3.8) is 0 Å². The Morgan fingerprint density at radius 3 is 2.71 bits per heavy atom. The van der Waals surface area contributed by atoms with Gasteiger partial charge in [-0.25, -0.2) is 4.68 Å². The Labute approximate surface area is 109 Å². The molecule has 0 saturated heterocycles. The summed E-state index contributed by atoms with van der Waals surface area (Å²) in [5, 5.41) is 6.17. The molecule has 0 atom stereocenters. The van der Waals surface area contributed by atoms with Crippen molar-refractivity contribution in [3.8, 4) is 10.6 Å². The summed E-state index contributed by atoms with van der Waals surface area (Å²) in [7, 11) is 1.92. The normalized spacial score (nSPS) is 12.1. The van der Waals surface area contributed by atoms with Crippen LogP contribution in [0.1, 0.15) is 13.3 Å². The second-order valence-corrected chi connectivity index (χ2v) is 5.09. The topological polar surface area (TPSA) is 30.2 Å². The molecular formula is C12H14ClN3S. The minimum Gasteiger partial charge on any atom is -0.258 e. The number of halogens is 1. The maximum atomic E-state index is 5.86. The van der Waals surface area contributed by atoms with E-state index in [1.54, 1.807) is 11.3 Å². The van der Waals surface area contributed by atoms with Crippen molar-refractivity contribution in [2.75, 3.05) is 6.54 Å². The molecule has 0 fully saturated rings. The van der Waals surface area contributed by atoms with Crippen LogP contribution in [0.2, 0.25) is 5.02 Å². The molecule has 5 heteroatoms. The smallest absolute Gasteiger partial charge is 0.203 e. The Morgan fingerprint density at radius 2 is 2.06 bits per heavy atom. The molecule has 0 N–H and O–H groups in total. The molecule has 0 radical (unpaired) electrons. The van der Waals surface area contributed by atoms with Crippen LogP contribution < -0.4 is 4.80 Å². The zero-order valence-electron chi connectivity index (χ0n) is 9.85. The van der Waals surface area contributed by atoms with Gasteiger partial charge in [-0.1, -0.05) is 42.0 Å². The zero-order chi connectivity index (χ0) is 12.3. The van der Waals surface area contributed by atoms with Crippen molar-refractivity contribution in [2.24, 2.45) is 12.0 Å². The second kappa shape index (κ2) is 5.47. The van der Waals surface area contributed by atoms with Crippen molar-refractivity contribution in [3.05, 3.63) is 34.1 Å². The monoisotopic (exact) mass is 267 g/mol. The molecule has 90 valence electrons. The molecule has 0 aliphatic heterocycles. The van der Waals surface area contributed by atoms with Crippen LogP contribution in [-0.4, -0.2) is 16.3 Å². The first-order chi connectivity index (χ1) is 8.20. The second-order valence-electron chi connectivity index (χ2n) is 3.70. The molecule has 0 bridgehead atoms. The molecule has 1 aromatic carbocycles. The maximum absolute atomic E-state index is 5.86.